The highest BCUT2D eigenvalue weighted by atomic mass is 19.4. The quantitative estimate of drug-likeness (QED) is 0.866. The van der Waals surface area contributed by atoms with Crippen LogP contribution in [-0.4, -0.2) is 34.3 Å². The van der Waals surface area contributed by atoms with E-state index in [0.29, 0.717) is 12.5 Å². The number of hydrogen-bond acceptors (Lipinski definition) is 3. The topological polar surface area (TPSA) is 62.2 Å². The molecule has 0 bridgehead atoms. The van der Waals surface area contributed by atoms with E-state index in [-0.39, 0.29) is 5.69 Å². The van der Waals surface area contributed by atoms with E-state index in [0.717, 1.165) is 0 Å². The van der Waals surface area contributed by atoms with Gasteiger partial charge in [-0.1, -0.05) is 6.07 Å². The lowest BCUT2D eigenvalue weighted by molar-refractivity contribution is -0.249. The number of aryl methyl sites for hydroxylation is 1. The van der Waals surface area contributed by atoms with Gasteiger partial charge >= 0.3 is 6.18 Å². The third-order valence-corrected chi connectivity index (χ3v) is 2.43. The molecule has 4 nitrogen and oxygen atoms in total. The van der Waals surface area contributed by atoms with E-state index in [4.69, 9.17) is 5.11 Å². The first-order valence-electron chi connectivity index (χ1n) is 5.14. The van der Waals surface area contributed by atoms with Gasteiger partial charge in [-0.25, -0.2) is 0 Å². The van der Waals surface area contributed by atoms with E-state index in [9.17, 15) is 18.0 Å². The van der Waals surface area contributed by atoms with Crippen molar-refractivity contribution in [2.75, 3.05) is 6.54 Å². The first kappa shape index (κ1) is 14.4. The Morgan fingerprint density at radius 1 is 1.50 bits per heavy atom. The first-order valence-corrected chi connectivity index (χ1v) is 5.14. The summed E-state index contributed by atoms with van der Waals surface area (Å²) >= 11 is 0. The third kappa shape index (κ3) is 3.19. The third-order valence-electron chi connectivity index (χ3n) is 2.43. The summed E-state index contributed by atoms with van der Waals surface area (Å²) in [6.45, 7) is 1.29. The van der Waals surface area contributed by atoms with Crippen molar-refractivity contribution in [3.63, 3.8) is 0 Å². The van der Waals surface area contributed by atoms with Gasteiger partial charge in [0.05, 0.1) is 6.54 Å². The number of nitrogens with one attached hydrogen (secondary N) is 1. The van der Waals surface area contributed by atoms with Crippen molar-refractivity contribution in [2.24, 2.45) is 0 Å². The minimum absolute atomic E-state index is 0.0375. The van der Waals surface area contributed by atoms with E-state index in [2.05, 4.69) is 4.98 Å². The Bertz CT molecular complexity index is 444. The summed E-state index contributed by atoms with van der Waals surface area (Å²) in [5.74, 6) is -0.752. The van der Waals surface area contributed by atoms with Gasteiger partial charge < -0.3 is 10.4 Å². The molecule has 0 aliphatic carbocycles. The summed E-state index contributed by atoms with van der Waals surface area (Å²) in [6, 6.07) is 3.22. The number of aromatic nitrogens is 1. The lowest BCUT2D eigenvalue weighted by atomic mass is 10.1. The number of pyridine rings is 1. The molecule has 0 fully saturated rings. The Labute approximate surface area is 102 Å². The van der Waals surface area contributed by atoms with E-state index in [1.807, 2.05) is 5.32 Å². The molecule has 0 aromatic carbocycles. The van der Waals surface area contributed by atoms with Crippen LogP contribution in [0.15, 0.2) is 18.3 Å². The van der Waals surface area contributed by atoms with E-state index in [1.54, 1.807) is 19.1 Å². The van der Waals surface area contributed by atoms with Crippen LogP contribution in [0.3, 0.4) is 0 Å². The molecule has 0 saturated carbocycles. The summed E-state index contributed by atoms with van der Waals surface area (Å²) in [6.07, 6.45) is -3.44. The number of aliphatic hydroxyl groups is 1. The monoisotopic (exact) mass is 262 g/mol. The van der Waals surface area contributed by atoms with E-state index < -0.39 is 24.2 Å². The molecule has 18 heavy (non-hydrogen) atoms. The van der Waals surface area contributed by atoms with Gasteiger partial charge in [-0.3, -0.25) is 9.78 Å². The summed E-state index contributed by atoms with van der Waals surface area (Å²) in [5, 5.41) is 11.2. The molecule has 0 saturated heterocycles. The Balaban J connectivity index is 2.71. The van der Waals surface area contributed by atoms with Crippen LogP contribution in [0.5, 0.6) is 0 Å². The number of hydrogen-bond donors (Lipinski definition) is 2. The highest BCUT2D eigenvalue weighted by molar-refractivity contribution is 5.93. The maximum Gasteiger partial charge on any atom is 0.418 e. The highest BCUT2D eigenvalue weighted by Crippen LogP contribution is 2.29. The van der Waals surface area contributed by atoms with Crippen LogP contribution >= 0.6 is 0 Å². The zero-order valence-electron chi connectivity index (χ0n) is 9.88. The largest absolute Gasteiger partial charge is 0.418 e. The summed E-state index contributed by atoms with van der Waals surface area (Å²) in [4.78, 5) is 15.4. The van der Waals surface area contributed by atoms with Crippen molar-refractivity contribution in [1.82, 2.24) is 10.3 Å². The van der Waals surface area contributed by atoms with Crippen LogP contribution in [0, 0.1) is 6.92 Å². The molecule has 1 rings (SSSR count). The number of nitrogens with zero attached hydrogens (tertiary/aromatic N) is 1. The molecule has 0 aliphatic rings. The molecular formula is C11H13F3N2O2. The molecule has 1 amide bonds. The minimum Gasteiger partial charge on any atom is -0.379 e. The molecule has 1 aromatic rings. The number of halogens is 3. The standard InChI is InChI=1S/C11H13F3N2O2/c1-7-4-3-5-15-8(7)9(17)16-6-10(2,18)11(12,13)14/h3-5,18H,6H2,1-2H3,(H,16,17)/t10-/m0/s1. The molecule has 1 atom stereocenters. The molecule has 1 heterocycles. The second-order valence-electron chi connectivity index (χ2n) is 4.12. The molecule has 1 aromatic heterocycles. The second-order valence-corrected chi connectivity index (χ2v) is 4.12. The fourth-order valence-corrected chi connectivity index (χ4v) is 1.16. The second kappa shape index (κ2) is 4.93. The van der Waals surface area contributed by atoms with E-state index >= 15 is 0 Å². The van der Waals surface area contributed by atoms with Crippen LogP contribution in [-0.2, 0) is 0 Å². The van der Waals surface area contributed by atoms with Crippen molar-refractivity contribution in [1.29, 1.82) is 0 Å². The van der Waals surface area contributed by atoms with Gasteiger partial charge in [-0.2, -0.15) is 13.2 Å². The Morgan fingerprint density at radius 2 is 2.11 bits per heavy atom. The van der Waals surface area contributed by atoms with Crippen LogP contribution in [0.25, 0.3) is 0 Å². The first-order chi connectivity index (χ1) is 8.15. The summed E-state index contributed by atoms with van der Waals surface area (Å²) in [5.41, 5.74) is -2.39. The average Bonchev–Trinajstić information content (AvgIpc) is 2.25. The molecule has 0 radical (unpaired) electrons. The van der Waals surface area contributed by atoms with Gasteiger partial charge in [0.15, 0.2) is 5.60 Å². The van der Waals surface area contributed by atoms with Crippen molar-refractivity contribution in [3.05, 3.63) is 29.6 Å². The lowest BCUT2D eigenvalue weighted by Crippen LogP contribution is -2.51. The molecule has 0 unspecified atom stereocenters. The van der Waals surface area contributed by atoms with Crippen LogP contribution in [0.4, 0.5) is 13.2 Å². The van der Waals surface area contributed by atoms with Gasteiger partial charge in [0, 0.05) is 6.20 Å². The zero-order valence-corrected chi connectivity index (χ0v) is 9.88. The predicted octanol–water partition coefficient (Wildman–Crippen LogP) is 1.43. The summed E-state index contributed by atoms with van der Waals surface area (Å²) < 4.78 is 37.0. The maximum atomic E-state index is 12.3. The summed E-state index contributed by atoms with van der Waals surface area (Å²) in [7, 11) is 0. The Hall–Kier alpha value is -1.63. The molecule has 0 aliphatic heterocycles. The van der Waals surface area contributed by atoms with Crippen molar-refractivity contribution >= 4 is 5.91 Å². The van der Waals surface area contributed by atoms with Crippen molar-refractivity contribution in [3.8, 4) is 0 Å². The number of alkyl halides is 3. The average molecular weight is 262 g/mol. The van der Waals surface area contributed by atoms with Gasteiger partial charge in [0.1, 0.15) is 5.69 Å². The predicted molar refractivity (Wildman–Crippen MR) is 58.0 cm³/mol. The Morgan fingerprint density at radius 3 is 2.61 bits per heavy atom. The molecule has 100 valence electrons. The van der Waals surface area contributed by atoms with Crippen LogP contribution < -0.4 is 5.32 Å². The number of carbonyl (C=O) groups excluding carboxylic acids is 1. The Kier molecular flexibility index (Phi) is 3.95. The number of rotatable bonds is 3. The highest BCUT2D eigenvalue weighted by Gasteiger charge is 2.49. The fraction of sp³-hybridized carbons (Fsp3) is 0.455. The normalized spacial score (nSPS) is 15.0. The molecule has 7 heteroatoms. The van der Waals surface area contributed by atoms with Crippen LogP contribution in [0.1, 0.15) is 23.0 Å². The van der Waals surface area contributed by atoms with E-state index in [1.165, 1.54) is 6.20 Å². The minimum atomic E-state index is -4.81. The van der Waals surface area contributed by atoms with Gasteiger partial charge in [-0.05, 0) is 25.5 Å². The van der Waals surface area contributed by atoms with Gasteiger partial charge in [0.25, 0.3) is 5.91 Å². The fourth-order valence-electron chi connectivity index (χ4n) is 1.16. The number of amides is 1. The number of carbonyl (C=O) groups is 1. The van der Waals surface area contributed by atoms with Crippen molar-refractivity contribution < 1.29 is 23.1 Å². The van der Waals surface area contributed by atoms with Crippen molar-refractivity contribution in [2.45, 2.75) is 25.6 Å². The SMILES string of the molecule is Cc1cccnc1C(=O)NC[C@](C)(O)C(F)(F)F. The van der Waals surface area contributed by atoms with Gasteiger partial charge in [-0.15, -0.1) is 0 Å². The van der Waals surface area contributed by atoms with Crippen LogP contribution in [0.2, 0.25) is 0 Å². The molecular weight excluding hydrogens is 249 g/mol. The molecule has 0 spiro atoms. The maximum absolute atomic E-state index is 12.3. The lowest BCUT2D eigenvalue weighted by Gasteiger charge is -2.26. The van der Waals surface area contributed by atoms with Gasteiger partial charge in [0.2, 0.25) is 0 Å². The smallest absolute Gasteiger partial charge is 0.379 e. The zero-order chi connectivity index (χ0) is 14.0. The molecule has 2 N–H and O–H groups in total.